The number of carbonyl (C=O) groups excluding carboxylic acids is 4. The number of halogens is 5. The predicted molar refractivity (Wildman–Crippen MR) is 258 cm³/mol. The van der Waals surface area contributed by atoms with Crippen molar-refractivity contribution in [2.75, 3.05) is 23.8 Å². The van der Waals surface area contributed by atoms with E-state index in [-0.39, 0.29) is 59.2 Å². The van der Waals surface area contributed by atoms with E-state index in [9.17, 15) is 28.0 Å². The van der Waals surface area contributed by atoms with Gasteiger partial charge in [0.05, 0.1) is 51.8 Å². The van der Waals surface area contributed by atoms with Crippen molar-refractivity contribution in [1.82, 2.24) is 24.8 Å². The maximum absolute atomic E-state index is 13.4. The van der Waals surface area contributed by atoms with Gasteiger partial charge in [-0.1, -0.05) is 59.6 Å². The summed E-state index contributed by atoms with van der Waals surface area (Å²) in [5.74, 6) is -1.03. The van der Waals surface area contributed by atoms with Crippen LogP contribution in [0.3, 0.4) is 0 Å². The van der Waals surface area contributed by atoms with Gasteiger partial charge in [0.25, 0.3) is 11.8 Å². The Kier molecular flexibility index (Phi) is 18.6. The molecule has 0 saturated heterocycles. The minimum Gasteiger partial charge on any atom is -0.492 e. The topological polar surface area (TPSA) is 211 Å². The molecule has 3 aromatic heterocycles. The molecular weight excluding hydrogens is 973 g/mol. The van der Waals surface area contributed by atoms with Crippen LogP contribution in [0.25, 0.3) is 0 Å². The molecule has 2 atom stereocenters. The Bertz CT molecular complexity index is 2910. The first-order valence-corrected chi connectivity index (χ1v) is 21.9. The highest BCUT2D eigenvalue weighted by atomic mass is 35.5. The fourth-order valence-corrected chi connectivity index (χ4v) is 7.16. The summed E-state index contributed by atoms with van der Waals surface area (Å²) in [7, 11) is 0. The monoisotopic (exact) mass is 1010 g/mol. The van der Waals surface area contributed by atoms with Gasteiger partial charge in [0.1, 0.15) is 42.7 Å². The number of ether oxygens (including phenoxy) is 4. The number of carbonyl (C=O) groups is 4. The Hall–Kier alpha value is -7.64. The molecule has 5 N–H and O–H groups in total. The van der Waals surface area contributed by atoms with Gasteiger partial charge in [0.2, 0.25) is 0 Å². The maximum atomic E-state index is 13.4. The molecule has 0 fully saturated rings. The predicted octanol–water partition coefficient (Wildman–Crippen LogP) is 10.3. The lowest BCUT2D eigenvalue weighted by Crippen LogP contribution is -2.33. The standard InChI is InChI=1S/C23H19ClFN3O4.C16H14ClFN2O2.C10H9N3O2.ClH/c24-18-12-14(7-8-19(18)25)27-22(29)17-6-3-5-16-20(9-11-31-21(16)17)28-23(30)32-13-15-4-1-2-10-26-15;17-12-8-9(4-5-13(12)18)20-16(21)11-3-1-2-10-14(19)6-7-22-15(10)11;14-10(13-6-5-11-8-13)15-7-9-3-1-2-4-12-9;/h1-8,10,12,20H,9,11,13H2,(H,27,29)(H,28,30);1-5,8,14H,6-7,19H2,(H,20,21);1-6,8H,7H2;1H/t20-;14-;;/m00../s1. The zero-order chi connectivity index (χ0) is 48.7. The number of imidazole rings is 1. The second-order valence-corrected chi connectivity index (χ2v) is 15.7. The van der Waals surface area contributed by atoms with E-state index < -0.39 is 29.7 Å². The Balaban J connectivity index is 0.000000183. The van der Waals surface area contributed by atoms with Gasteiger partial charge in [-0.3, -0.25) is 19.6 Å². The van der Waals surface area contributed by atoms with E-state index in [1.54, 1.807) is 67.0 Å². The lowest BCUT2D eigenvalue weighted by molar-refractivity contribution is 0.101. The van der Waals surface area contributed by atoms with Crippen LogP contribution in [-0.2, 0) is 22.7 Å². The first-order valence-electron chi connectivity index (χ1n) is 21.1. The molecule has 0 bridgehead atoms. The van der Waals surface area contributed by atoms with Gasteiger partial charge < -0.3 is 40.6 Å². The number of hydrogen-bond donors (Lipinski definition) is 4. The first kappa shape index (κ1) is 51.7. The molecular formula is C49H43Cl3F2N8O8. The van der Waals surface area contributed by atoms with Crippen LogP contribution in [0, 0.1) is 11.6 Å². The van der Waals surface area contributed by atoms with Crippen LogP contribution in [0.1, 0.15) is 68.2 Å². The molecule has 362 valence electrons. The number of fused-ring (bicyclic) bond motifs is 2. The summed E-state index contributed by atoms with van der Waals surface area (Å²) in [5.41, 5.74) is 10.3. The molecule has 70 heavy (non-hydrogen) atoms. The van der Waals surface area contributed by atoms with Crippen molar-refractivity contribution in [3.8, 4) is 11.5 Å². The number of benzene rings is 4. The number of rotatable bonds is 9. The molecule has 16 nitrogen and oxygen atoms in total. The average molecular weight is 1020 g/mol. The molecule has 21 heteroatoms. The third kappa shape index (κ3) is 14.0. The summed E-state index contributed by atoms with van der Waals surface area (Å²) in [6.07, 6.45) is 7.89. The molecule has 3 amide bonds. The second-order valence-electron chi connectivity index (χ2n) is 14.9. The van der Waals surface area contributed by atoms with Gasteiger partial charge >= 0.3 is 12.2 Å². The van der Waals surface area contributed by atoms with Crippen molar-refractivity contribution >= 4 is 71.0 Å². The van der Waals surface area contributed by atoms with Crippen LogP contribution in [0.2, 0.25) is 10.0 Å². The van der Waals surface area contributed by atoms with E-state index in [2.05, 4.69) is 30.9 Å². The van der Waals surface area contributed by atoms with E-state index >= 15 is 0 Å². The largest absolute Gasteiger partial charge is 0.492 e. The molecule has 0 spiro atoms. The van der Waals surface area contributed by atoms with Gasteiger partial charge in [-0.2, -0.15) is 0 Å². The summed E-state index contributed by atoms with van der Waals surface area (Å²) in [6, 6.07) is 28.6. The zero-order valence-corrected chi connectivity index (χ0v) is 39.1. The number of nitrogens with one attached hydrogen (secondary N) is 3. The number of aromatic nitrogens is 4. The summed E-state index contributed by atoms with van der Waals surface area (Å²) >= 11 is 11.5. The molecule has 0 saturated carbocycles. The molecule has 9 rings (SSSR count). The minimum atomic E-state index is -0.593. The number of amides is 3. The van der Waals surface area contributed by atoms with Crippen LogP contribution in [0.15, 0.2) is 140 Å². The fourth-order valence-electron chi connectivity index (χ4n) is 6.80. The zero-order valence-electron chi connectivity index (χ0n) is 36.7. The molecule has 0 unspecified atom stereocenters. The number of alkyl carbamates (subject to hydrolysis) is 1. The van der Waals surface area contributed by atoms with Gasteiger partial charge in [0, 0.05) is 66.2 Å². The van der Waals surface area contributed by atoms with Crippen LogP contribution in [0.5, 0.6) is 11.5 Å². The van der Waals surface area contributed by atoms with Crippen LogP contribution in [-0.4, -0.2) is 56.7 Å². The van der Waals surface area contributed by atoms with Crippen molar-refractivity contribution in [1.29, 1.82) is 0 Å². The third-order valence-corrected chi connectivity index (χ3v) is 10.8. The van der Waals surface area contributed by atoms with E-state index in [0.29, 0.717) is 71.4 Å². The lowest BCUT2D eigenvalue weighted by Gasteiger charge is -2.27. The molecule has 5 heterocycles. The highest BCUT2D eigenvalue weighted by Crippen LogP contribution is 2.36. The number of hydrogen-bond acceptors (Lipinski definition) is 12. The number of anilines is 2. The number of pyridine rings is 2. The van der Waals surface area contributed by atoms with Crippen LogP contribution >= 0.6 is 35.6 Å². The minimum absolute atomic E-state index is 0. The van der Waals surface area contributed by atoms with Crippen molar-refractivity contribution in [3.05, 3.63) is 196 Å². The van der Waals surface area contributed by atoms with Gasteiger partial charge in [-0.15, -0.1) is 12.4 Å². The SMILES string of the molecule is Cl.N[C@H]1CCOc2c(C(=O)Nc3ccc(F)c(Cl)c3)cccc21.O=C(N[C@H]1CCOc2c(C(=O)Nc3ccc(F)c(Cl)c3)cccc21)OCc1ccccn1.O=C(OCc1ccccn1)n1ccnc1. The third-order valence-electron chi connectivity index (χ3n) is 10.2. The highest BCUT2D eigenvalue weighted by Gasteiger charge is 2.28. The van der Waals surface area contributed by atoms with Gasteiger partial charge in [-0.25, -0.2) is 27.9 Å². The van der Waals surface area contributed by atoms with Crippen molar-refractivity contribution in [2.45, 2.75) is 38.1 Å². The van der Waals surface area contributed by atoms with Crippen LogP contribution < -0.4 is 31.2 Å². The summed E-state index contributed by atoms with van der Waals surface area (Å²) in [5, 5.41) is 8.03. The summed E-state index contributed by atoms with van der Waals surface area (Å²) < 4.78 is 49.4. The van der Waals surface area contributed by atoms with E-state index in [1.807, 2.05) is 18.2 Å². The number of nitrogens with zero attached hydrogens (tertiary/aromatic N) is 4. The van der Waals surface area contributed by atoms with Crippen molar-refractivity contribution in [3.63, 3.8) is 0 Å². The molecule has 4 aromatic carbocycles. The van der Waals surface area contributed by atoms with Gasteiger partial charge in [0.15, 0.2) is 0 Å². The lowest BCUT2D eigenvalue weighted by atomic mass is 9.97. The fraction of sp³-hybridized carbons (Fsp3) is 0.163. The van der Waals surface area contributed by atoms with E-state index in [4.69, 9.17) is 47.9 Å². The van der Waals surface area contributed by atoms with Crippen LogP contribution in [0.4, 0.5) is 29.7 Å². The Morgan fingerprint density at radius 1 is 0.686 bits per heavy atom. The smallest absolute Gasteiger partial charge is 0.419 e. The quantitative estimate of drug-likeness (QED) is 0.106. The van der Waals surface area contributed by atoms with E-state index in [0.717, 1.165) is 5.56 Å². The molecule has 2 aliphatic heterocycles. The average Bonchev–Trinajstić information content (AvgIpc) is 3.92. The highest BCUT2D eigenvalue weighted by molar-refractivity contribution is 6.31. The molecule has 2 aliphatic rings. The summed E-state index contributed by atoms with van der Waals surface area (Å²) in [6.45, 7) is 0.995. The normalized spacial score (nSPS) is 14.0. The Morgan fingerprint density at radius 2 is 1.23 bits per heavy atom. The maximum Gasteiger partial charge on any atom is 0.419 e. The molecule has 0 aliphatic carbocycles. The molecule has 7 aromatic rings. The Labute approximate surface area is 415 Å². The molecule has 0 radical (unpaired) electrons. The number of para-hydroxylation sites is 2. The van der Waals surface area contributed by atoms with Crippen molar-refractivity contribution in [2.24, 2.45) is 5.73 Å². The Morgan fingerprint density at radius 3 is 1.76 bits per heavy atom. The van der Waals surface area contributed by atoms with Crippen molar-refractivity contribution < 1.29 is 46.9 Å². The van der Waals surface area contributed by atoms with E-state index in [1.165, 1.54) is 59.7 Å². The first-order chi connectivity index (χ1) is 33.4. The second kappa shape index (κ2) is 25.1. The summed E-state index contributed by atoms with van der Waals surface area (Å²) in [4.78, 5) is 60.8. The number of nitrogens with two attached hydrogens (primary N) is 1. The van der Waals surface area contributed by atoms with Gasteiger partial charge in [-0.05, 0) is 72.8 Å².